The van der Waals surface area contributed by atoms with Crippen LogP contribution < -0.4 is 0 Å². The fraction of sp³-hybridized carbons (Fsp3) is 0.182. The third-order valence-corrected chi connectivity index (χ3v) is 1.77. The zero-order valence-corrected chi connectivity index (χ0v) is 8.17. The van der Waals surface area contributed by atoms with Crippen molar-refractivity contribution in [2.24, 2.45) is 0 Å². The highest BCUT2D eigenvalue weighted by Gasteiger charge is 2.00. The van der Waals surface area contributed by atoms with Gasteiger partial charge in [0.25, 0.3) is 0 Å². The molecule has 0 fully saturated rings. The number of hydrogen-bond donors (Lipinski definition) is 0. The Bertz CT molecular complexity index is 386. The first-order chi connectivity index (χ1) is 7.13. The van der Waals surface area contributed by atoms with E-state index in [0.717, 1.165) is 18.2 Å². The second-order valence-corrected chi connectivity index (χ2v) is 2.85. The number of carbonyl (C=O) groups excluding carboxylic acids is 1. The summed E-state index contributed by atoms with van der Waals surface area (Å²) in [4.78, 5) is 10.7. The average Bonchev–Trinajstić information content (AvgIpc) is 2.23. The molecule has 1 aromatic rings. The molecule has 4 heteroatoms. The van der Waals surface area contributed by atoms with Gasteiger partial charge in [-0.05, 0) is 18.2 Å². The van der Waals surface area contributed by atoms with Crippen molar-refractivity contribution in [1.82, 2.24) is 0 Å². The number of benzene rings is 1. The van der Waals surface area contributed by atoms with Crippen molar-refractivity contribution in [2.45, 2.75) is 6.42 Å². The minimum absolute atomic E-state index is 0.0342. The lowest BCUT2D eigenvalue weighted by Crippen LogP contribution is -1.96. The van der Waals surface area contributed by atoms with Crippen molar-refractivity contribution in [2.75, 3.05) is 7.11 Å². The molecule has 0 bridgehead atoms. The number of rotatable bonds is 3. The summed E-state index contributed by atoms with van der Waals surface area (Å²) in [5.74, 6) is -1.48. The van der Waals surface area contributed by atoms with Gasteiger partial charge < -0.3 is 4.74 Å². The van der Waals surface area contributed by atoms with Crippen molar-refractivity contribution in [3.8, 4) is 0 Å². The van der Waals surface area contributed by atoms with Crippen molar-refractivity contribution >= 4 is 12.0 Å². The molecule has 2 nitrogen and oxygen atoms in total. The summed E-state index contributed by atoms with van der Waals surface area (Å²) < 4.78 is 30.1. The van der Waals surface area contributed by atoms with Crippen molar-refractivity contribution in [3.63, 3.8) is 0 Å². The number of halogens is 2. The molecule has 0 spiro atoms. The normalized spacial score (nSPS) is 10.6. The molecule has 0 aromatic heterocycles. The smallest absolute Gasteiger partial charge is 0.309 e. The first-order valence-corrected chi connectivity index (χ1v) is 4.32. The molecule has 0 saturated heterocycles. The van der Waals surface area contributed by atoms with Gasteiger partial charge in [0.2, 0.25) is 0 Å². The zero-order chi connectivity index (χ0) is 11.3. The molecule has 80 valence electrons. The number of methoxy groups -OCH3 is 1. The number of ether oxygens (including phenoxy) is 1. The molecule has 0 atom stereocenters. The van der Waals surface area contributed by atoms with Gasteiger partial charge in [0, 0.05) is 5.56 Å². The zero-order valence-electron chi connectivity index (χ0n) is 8.17. The number of hydrogen-bond acceptors (Lipinski definition) is 2. The van der Waals surface area contributed by atoms with Gasteiger partial charge in [-0.15, -0.1) is 0 Å². The standard InChI is InChI=1S/C11H10F2O2/c1-15-11(14)4-2-3-8-7-9(12)5-6-10(8)13/h2-3,5-7H,4H2,1H3/b3-2+. The van der Waals surface area contributed by atoms with Crippen LogP contribution in [-0.2, 0) is 9.53 Å². The van der Waals surface area contributed by atoms with Gasteiger partial charge in [0.05, 0.1) is 13.5 Å². The van der Waals surface area contributed by atoms with E-state index in [4.69, 9.17) is 0 Å². The minimum atomic E-state index is -0.530. The summed E-state index contributed by atoms with van der Waals surface area (Å²) in [6.07, 6.45) is 2.80. The summed E-state index contributed by atoms with van der Waals surface area (Å²) in [5.41, 5.74) is 0.110. The Morgan fingerprint density at radius 2 is 2.20 bits per heavy atom. The quantitative estimate of drug-likeness (QED) is 0.719. The Morgan fingerprint density at radius 1 is 1.47 bits per heavy atom. The van der Waals surface area contributed by atoms with Crippen LogP contribution >= 0.6 is 0 Å². The van der Waals surface area contributed by atoms with Crippen LogP contribution in [0.2, 0.25) is 0 Å². The third kappa shape index (κ3) is 3.50. The van der Waals surface area contributed by atoms with Crippen LogP contribution in [0.5, 0.6) is 0 Å². The highest BCUT2D eigenvalue weighted by molar-refractivity contribution is 5.72. The van der Waals surface area contributed by atoms with Crippen LogP contribution in [-0.4, -0.2) is 13.1 Å². The number of carbonyl (C=O) groups is 1. The van der Waals surface area contributed by atoms with Crippen LogP contribution in [0.4, 0.5) is 8.78 Å². The van der Waals surface area contributed by atoms with Crippen LogP contribution in [0.15, 0.2) is 24.3 Å². The molecular formula is C11H10F2O2. The van der Waals surface area contributed by atoms with Gasteiger partial charge in [0.15, 0.2) is 0 Å². The van der Waals surface area contributed by atoms with Crippen molar-refractivity contribution in [1.29, 1.82) is 0 Å². The summed E-state index contributed by atoms with van der Waals surface area (Å²) in [6.45, 7) is 0. The van der Waals surface area contributed by atoms with Gasteiger partial charge >= 0.3 is 5.97 Å². The van der Waals surface area contributed by atoms with Crippen LogP contribution in [0.25, 0.3) is 6.08 Å². The second-order valence-electron chi connectivity index (χ2n) is 2.85. The van der Waals surface area contributed by atoms with Crippen LogP contribution in [0.3, 0.4) is 0 Å². The Balaban J connectivity index is 2.71. The van der Waals surface area contributed by atoms with Gasteiger partial charge in [-0.3, -0.25) is 4.79 Å². The van der Waals surface area contributed by atoms with E-state index in [9.17, 15) is 13.6 Å². The van der Waals surface area contributed by atoms with E-state index in [1.54, 1.807) is 0 Å². The predicted molar refractivity (Wildman–Crippen MR) is 52.0 cm³/mol. The molecule has 0 unspecified atom stereocenters. The van der Waals surface area contributed by atoms with Gasteiger partial charge in [0.1, 0.15) is 11.6 Å². The lowest BCUT2D eigenvalue weighted by Gasteiger charge is -1.96. The first kappa shape index (κ1) is 11.4. The molecule has 0 aliphatic rings. The topological polar surface area (TPSA) is 26.3 Å². The maximum Gasteiger partial charge on any atom is 0.309 e. The second kappa shape index (κ2) is 5.24. The van der Waals surface area contributed by atoms with Gasteiger partial charge in [-0.1, -0.05) is 12.2 Å². The lowest BCUT2D eigenvalue weighted by molar-refractivity contribution is -0.139. The van der Waals surface area contributed by atoms with E-state index in [-0.39, 0.29) is 12.0 Å². The average molecular weight is 212 g/mol. The van der Waals surface area contributed by atoms with E-state index in [2.05, 4.69) is 4.74 Å². The van der Waals surface area contributed by atoms with E-state index < -0.39 is 17.6 Å². The highest BCUT2D eigenvalue weighted by atomic mass is 19.1. The summed E-state index contributed by atoms with van der Waals surface area (Å²) in [7, 11) is 1.26. The third-order valence-electron chi connectivity index (χ3n) is 1.77. The van der Waals surface area contributed by atoms with Gasteiger partial charge in [-0.2, -0.15) is 0 Å². The summed E-state index contributed by atoms with van der Waals surface area (Å²) in [6, 6.07) is 3.13. The molecule has 15 heavy (non-hydrogen) atoms. The van der Waals surface area contributed by atoms with E-state index in [1.807, 2.05) is 0 Å². The maximum absolute atomic E-state index is 13.0. The minimum Gasteiger partial charge on any atom is -0.469 e. The SMILES string of the molecule is COC(=O)C/C=C/c1cc(F)ccc1F. The largest absolute Gasteiger partial charge is 0.469 e. The molecule has 0 aliphatic carbocycles. The van der Waals surface area contributed by atoms with E-state index in [0.29, 0.717) is 0 Å². The number of esters is 1. The fourth-order valence-corrected chi connectivity index (χ4v) is 1.01. The van der Waals surface area contributed by atoms with Gasteiger partial charge in [-0.25, -0.2) is 8.78 Å². The Morgan fingerprint density at radius 3 is 2.87 bits per heavy atom. The molecule has 0 saturated carbocycles. The molecular weight excluding hydrogens is 202 g/mol. The molecule has 0 radical (unpaired) electrons. The maximum atomic E-state index is 13.0. The Kier molecular flexibility index (Phi) is 3.97. The Hall–Kier alpha value is -1.71. The van der Waals surface area contributed by atoms with Crippen molar-refractivity contribution in [3.05, 3.63) is 41.5 Å². The molecule has 1 aromatic carbocycles. The molecule has 0 amide bonds. The molecule has 0 N–H and O–H groups in total. The van der Waals surface area contributed by atoms with E-state index >= 15 is 0 Å². The van der Waals surface area contributed by atoms with Crippen molar-refractivity contribution < 1.29 is 18.3 Å². The molecule has 1 rings (SSSR count). The van der Waals surface area contributed by atoms with E-state index in [1.165, 1.54) is 19.3 Å². The summed E-state index contributed by atoms with van der Waals surface area (Å²) >= 11 is 0. The molecule has 0 heterocycles. The predicted octanol–water partition coefficient (Wildman–Crippen LogP) is 2.54. The first-order valence-electron chi connectivity index (χ1n) is 4.32. The van der Waals surface area contributed by atoms with Crippen LogP contribution in [0.1, 0.15) is 12.0 Å². The monoisotopic (exact) mass is 212 g/mol. The Labute approximate surface area is 86.2 Å². The van der Waals surface area contributed by atoms with Crippen LogP contribution in [0, 0.1) is 11.6 Å². The molecule has 0 aliphatic heterocycles. The highest BCUT2D eigenvalue weighted by Crippen LogP contribution is 2.11. The fourth-order valence-electron chi connectivity index (χ4n) is 1.01. The summed E-state index contributed by atoms with van der Waals surface area (Å²) in [5, 5.41) is 0. The lowest BCUT2D eigenvalue weighted by atomic mass is 10.2.